The minimum atomic E-state index is -0.468. The topological polar surface area (TPSA) is 12.5 Å². The summed E-state index contributed by atoms with van der Waals surface area (Å²) in [7, 11) is 0. The molecule has 0 radical (unpaired) electrons. The molecule has 71 heavy (non-hydrogen) atoms. The second-order valence-corrected chi connectivity index (χ2v) is 19.1. The Morgan fingerprint density at radius 3 is 1.56 bits per heavy atom. The van der Waals surface area contributed by atoms with E-state index in [-0.39, 0.29) is 12.0 Å². The van der Waals surface area contributed by atoms with E-state index in [2.05, 4.69) is 278 Å². The molecule has 0 saturated carbocycles. The Morgan fingerprint density at radius 1 is 0.352 bits per heavy atom. The monoisotopic (exact) mass is 905 g/mol. The van der Waals surface area contributed by atoms with Gasteiger partial charge in [0.25, 0.3) is 0 Å². The maximum Gasteiger partial charge on any atom is 0.132 e. The minimum absolute atomic E-state index is 0.0362. The number of hydrogen-bond donors (Lipinski definition) is 0. The summed E-state index contributed by atoms with van der Waals surface area (Å²) >= 11 is 0. The van der Waals surface area contributed by atoms with Gasteiger partial charge in [0.05, 0.1) is 5.41 Å². The van der Waals surface area contributed by atoms with Crippen molar-refractivity contribution >= 4 is 33.9 Å². The first-order chi connectivity index (χ1) is 35.2. The first-order valence-corrected chi connectivity index (χ1v) is 24.7. The number of nitrogens with zero attached hydrogens (tertiary/aromatic N) is 1. The first kappa shape index (κ1) is 41.0. The molecule has 2 heteroatoms. The van der Waals surface area contributed by atoms with E-state index in [0.29, 0.717) is 0 Å². The molecular weight excluding hydrogens is 859 g/mol. The van der Waals surface area contributed by atoms with Gasteiger partial charge in [-0.15, -0.1) is 0 Å². The highest BCUT2D eigenvalue weighted by Gasteiger charge is 2.57. The van der Waals surface area contributed by atoms with Gasteiger partial charge in [0.2, 0.25) is 0 Å². The van der Waals surface area contributed by atoms with E-state index >= 15 is 0 Å². The fraction of sp³-hybridized carbons (Fsp3) is 0.0435. The highest BCUT2D eigenvalue weighted by Crippen LogP contribution is 2.65. The smallest absolute Gasteiger partial charge is 0.132 e. The summed E-state index contributed by atoms with van der Waals surface area (Å²) in [5.41, 5.74) is 21.1. The SMILES string of the molecule is C1=CC2C(Oc3c(ccc4ccccc34)C23c2ccccc2-c2cc(-c4ccc(N(c5ccc(-c6ccccc6)cc5)c5cc(-c6ccccc6)cc(-c6ccccc6)c5)cc4)ccc23)c2ccccc21. The van der Waals surface area contributed by atoms with Crippen LogP contribution in [0, 0.1) is 5.92 Å². The van der Waals surface area contributed by atoms with Crippen molar-refractivity contribution < 1.29 is 4.74 Å². The molecule has 0 amide bonds. The maximum atomic E-state index is 7.31. The summed E-state index contributed by atoms with van der Waals surface area (Å²) in [5, 5.41) is 2.34. The zero-order chi connectivity index (χ0) is 46.9. The number of anilines is 3. The van der Waals surface area contributed by atoms with Gasteiger partial charge in [-0.2, -0.15) is 0 Å². The van der Waals surface area contributed by atoms with Crippen molar-refractivity contribution in [1.82, 2.24) is 0 Å². The average molecular weight is 906 g/mol. The summed E-state index contributed by atoms with van der Waals surface area (Å²) in [4.78, 5) is 2.40. The minimum Gasteiger partial charge on any atom is -0.484 e. The Hall–Kier alpha value is -8.98. The number of fused-ring (bicyclic) bond motifs is 13. The van der Waals surface area contributed by atoms with E-state index in [1.165, 1.54) is 88.8 Å². The van der Waals surface area contributed by atoms with Gasteiger partial charge < -0.3 is 9.64 Å². The molecule has 3 unspecified atom stereocenters. The third-order valence-corrected chi connectivity index (χ3v) is 15.3. The van der Waals surface area contributed by atoms with E-state index in [0.717, 1.165) is 28.2 Å². The van der Waals surface area contributed by atoms with Crippen LogP contribution in [0.4, 0.5) is 17.1 Å². The second kappa shape index (κ2) is 16.6. The molecule has 3 aliphatic rings. The van der Waals surface area contributed by atoms with Crippen LogP contribution in [0.15, 0.2) is 267 Å². The normalized spacial score (nSPS) is 16.8. The summed E-state index contributed by atoms with van der Waals surface area (Å²) < 4.78 is 7.31. The van der Waals surface area contributed by atoms with Crippen LogP contribution in [0.25, 0.3) is 72.5 Å². The Bertz CT molecular complexity index is 3780. The van der Waals surface area contributed by atoms with Crippen molar-refractivity contribution in [2.45, 2.75) is 11.5 Å². The van der Waals surface area contributed by atoms with Crippen LogP contribution < -0.4 is 9.64 Å². The van der Waals surface area contributed by atoms with Crippen molar-refractivity contribution in [1.29, 1.82) is 0 Å². The molecule has 11 aromatic carbocycles. The van der Waals surface area contributed by atoms with Gasteiger partial charge in [0, 0.05) is 39.5 Å². The van der Waals surface area contributed by atoms with E-state index in [1.54, 1.807) is 0 Å². The Labute approximate surface area is 415 Å². The molecule has 11 aromatic rings. The molecule has 0 bridgehead atoms. The summed E-state index contributed by atoms with van der Waals surface area (Å²) in [6.07, 6.45) is 4.60. The quantitative estimate of drug-likeness (QED) is 0.158. The molecule has 3 atom stereocenters. The van der Waals surface area contributed by atoms with Crippen LogP contribution in [0.1, 0.15) is 33.9 Å². The van der Waals surface area contributed by atoms with Crippen molar-refractivity contribution in [2.75, 3.05) is 4.90 Å². The lowest BCUT2D eigenvalue weighted by Gasteiger charge is -2.49. The molecule has 1 heterocycles. The molecule has 1 aliphatic heterocycles. The first-order valence-electron chi connectivity index (χ1n) is 24.7. The van der Waals surface area contributed by atoms with Gasteiger partial charge in [0.15, 0.2) is 0 Å². The van der Waals surface area contributed by atoms with Crippen LogP contribution in [0.5, 0.6) is 5.75 Å². The van der Waals surface area contributed by atoms with E-state index in [4.69, 9.17) is 4.74 Å². The highest BCUT2D eigenvalue weighted by molar-refractivity contribution is 5.95. The zero-order valence-corrected chi connectivity index (χ0v) is 39.0. The lowest BCUT2D eigenvalue weighted by molar-refractivity contribution is 0.105. The van der Waals surface area contributed by atoms with Gasteiger partial charge in [-0.05, 0) is 126 Å². The van der Waals surface area contributed by atoms with Gasteiger partial charge in [0.1, 0.15) is 11.9 Å². The second-order valence-electron chi connectivity index (χ2n) is 19.1. The molecule has 0 aromatic heterocycles. The average Bonchev–Trinajstić information content (AvgIpc) is 3.75. The number of ether oxygens (including phenoxy) is 1. The molecule has 2 nitrogen and oxygen atoms in total. The molecular formula is C69H47NO. The van der Waals surface area contributed by atoms with E-state index in [1.807, 2.05) is 0 Å². The lowest BCUT2D eigenvalue weighted by Crippen LogP contribution is -2.45. The molecule has 14 rings (SSSR count). The Balaban J connectivity index is 0.909. The van der Waals surface area contributed by atoms with E-state index < -0.39 is 5.41 Å². The lowest BCUT2D eigenvalue weighted by atomic mass is 9.58. The predicted molar refractivity (Wildman–Crippen MR) is 294 cm³/mol. The van der Waals surface area contributed by atoms with E-state index in [9.17, 15) is 0 Å². The van der Waals surface area contributed by atoms with Crippen LogP contribution in [0.3, 0.4) is 0 Å². The number of benzene rings is 11. The van der Waals surface area contributed by atoms with Crippen LogP contribution >= 0.6 is 0 Å². The van der Waals surface area contributed by atoms with Crippen molar-refractivity contribution in [2.24, 2.45) is 5.92 Å². The third-order valence-electron chi connectivity index (χ3n) is 15.3. The van der Waals surface area contributed by atoms with Crippen molar-refractivity contribution in [3.05, 3.63) is 295 Å². The molecule has 2 aliphatic carbocycles. The standard InChI is InChI=1S/C69H47NO/c1-4-16-46(17-5-1)49-28-35-56(36-29-49)70(58-43-54(47-18-6-2-7-19-47)42-55(44-58)48-20-8-3-9-21-48)57-37-30-50(31-38-57)53-34-39-64-62(45-53)61-26-14-15-27-63(61)69(64)65-40-32-51-22-10-12-24-59(51)67(65)71-68-60-25-13-11-23-52(60)33-41-66(68)69/h1-45,65,67H. The van der Waals surface area contributed by atoms with Crippen molar-refractivity contribution in [3.63, 3.8) is 0 Å². The van der Waals surface area contributed by atoms with Crippen molar-refractivity contribution in [3.8, 4) is 61.4 Å². The van der Waals surface area contributed by atoms with Gasteiger partial charge in [-0.3, -0.25) is 0 Å². The van der Waals surface area contributed by atoms with Gasteiger partial charge in [-0.25, -0.2) is 0 Å². The molecule has 0 N–H and O–H groups in total. The zero-order valence-electron chi connectivity index (χ0n) is 39.0. The molecule has 0 fully saturated rings. The van der Waals surface area contributed by atoms with Gasteiger partial charge >= 0.3 is 0 Å². The predicted octanol–water partition coefficient (Wildman–Crippen LogP) is 18.1. The number of rotatable bonds is 7. The molecule has 0 saturated heterocycles. The largest absolute Gasteiger partial charge is 0.484 e. The molecule has 334 valence electrons. The fourth-order valence-corrected chi connectivity index (χ4v) is 12.1. The summed E-state index contributed by atoms with van der Waals surface area (Å²) in [6.45, 7) is 0. The molecule has 1 spiro atoms. The highest BCUT2D eigenvalue weighted by atomic mass is 16.5. The third kappa shape index (κ3) is 6.63. The van der Waals surface area contributed by atoms with Crippen LogP contribution in [-0.4, -0.2) is 0 Å². The van der Waals surface area contributed by atoms with Crippen LogP contribution in [0.2, 0.25) is 0 Å². The Kier molecular flexibility index (Phi) is 9.60. The summed E-state index contributed by atoms with van der Waals surface area (Å²) in [6, 6.07) is 95.6. The maximum absolute atomic E-state index is 7.31. The van der Waals surface area contributed by atoms with Gasteiger partial charge in [-0.1, -0.05) is 224 Å². The Morgan fingerprint density at radius 2 is 0.873 bits per heavy atom. The fourth-order valence-electron chi connectivity index (χ4n) is 12.1. The summed E-state index contributed by atoms with van der Waals surface area (Å²) in [5.74, 6) is 1.02. The van der Waals surface area contributed by atoms with Crippen LogP contribution in [-0.2, 0) is 5.41 Å². The number of hydrogen-bond acceptors (Lipinski definition) is 2.